The van der Waals surface area contributed by atoms with E-state index in [9.17, 15) is 0 Å². The van der Waals surface area contributed by atoms with Gasteiger partial charge >= 0.3 is 0 Å². The van der Waals surface area contributed by atoms with Crippen LogP contribution in [-0.2, 0) is 0 Å². The topological polar surface area (TPSA) is 48.8 Å². The molecule has 0 bridgehead atoms. The van der Waals surface area contributed by atoms with Crippen molar-refractivity contribution in [1.29, 1.82) is 0 Å². The van der Waals surface area contributed by atoms with E-state index < -0.39 is 0 Å². The average Bonchev–Trinajstić information content (AvgIpc) is 3.85. The maximum absolute atomic E-state index is 6.44. The van der Waals surface area contributed by atoms with E-state index in [2.05, 4.69) is 137 Å². The minimum Gasteiger partial charge on any atom is -0.455 e. The van der Waals surface area contributed by atoms with Gasteiger partial charge in [0.25, 0.3) is 0 Å². The normalized spacial score (nSPS) is 11.9. The minimum absolute atomic E-state index is 0.833. The van der Waals surface area contributed by atoms with Crippen LogP contribution in [0.4, 0.5) is 0 Å². The molecular weight excluding hydrogens is 625 g/mol. The fourth-order valence-corrected chi connectivity index (χ4v) is 7.87. The molecule has 5 nitrogen and oxygen atoms in total. The standard InChI is InChI=1S/C46H28N4O/c1-3-12-29(13-4-1)39-28-47-46-44(48-39)38-27-32(23-25-42(38)50(46)31-14-5-2-6-15-31)49-40-20-9-7-16-34(40)37-26-30(22-24-41(37)49)33-18-11-19-36-35-17-8-10-21-43(35)51-45(33)36/h1-28H. The Hall–Kier alpha value is -6.98. The molecule has 0 spiro atoms. The second-order valence-electron chi connectivity index (χ2n) is 13.0. The summed E-state index contributed by atoms with van der Waals surface area (Å²) in [6.45, 7) is 0. The molecule has 0 N–H and O–H groups in total. The predicted molar refractivity (Wildman–Crippen MR) is 209 cm³/mol. The first-order valence-electron chi connectivity index (χ1n) is 17.2. The monoisotopic (exact) mass is 652 g/mol. The summed E-state index contributed by atoms with van der Waals surface area (Å²) in [5, 5.41) is 5.71. The number of hydrogen-bond acceptors (Lipinski definition) is 3. The molecule has 51 heavy (non-hydrogen) atoms. The van der Waals surface area contributed by atoms with Crippen LogP contribution in [0, 0.1) is 0 Å². The molecule has 4 aromatic heterocycles. The Morgan fingerprint density at radius 3 is 2.04 bits per heavy atom. The van der Waals surface area contributed by atoms with Crippen molar-refractivity contribution in [3.05, 3.63) is 170 Å². The van der Waals surface area contributed by atoms with Crippen molar-refractivity contribution in [2.24, 2.45) is 0 Å². The summed E-state index contributed by atoms with van der Waals surface area (Å²) in [6, 6.07) is 57.5. The van der Waals surface area contributed by atoms with Crippen molar-refractivity contribution in [1.82, 2.24) is 19.1 Å². The first-order valence-corrected chi connectivity index (χ1v) is 17.2. The molecule has 0 unspecified atom stereocenters. The predicted octanol–water partition coefficient (Wildman–Crippen LogP) is 11.9. The molecule has 0 saturated carbocycles. The lowest BCUT2D eigenvalue weighted by Crippen LogP contribution is -1.96. The van der Waals surface area contributed by atoms with Crippen molar-refractivity contribution >= 4 is 65.8 Å². The second kappa shape index (κ2) is 10.8. The number of aromatic nitrogens is 4. The molecule has 11 rings (SSSR count). The highest BCUT2D eigenvalue weighted by molar-refractivity contribution is 6.14. The quantitative estimate of drug-likeness (QED) is 0.190. The van der Waals surface area contributed by atoms with Gasteiger partial charge in [-0.3, -0.25) is 4.57 Å². The van der Waals surface area contributed by atoms with Crippen molar-refractivity contribution < 1.29 is 4.42 Å². The van der Waals surface area contributed by atoms with Gasteiger partial charge in [0, 0.05) is 49.4 Å². The smallest absolute Gasteiger partial charge is 0.164 e. The van der Waals surface area contributed by atoms with E-state index in [0.29, 0.717) is 0 Å². The van der Waals surface area contributed by atoms with Gasteiger partial charge in [0.15, 0.2) is 5.65 Å². The van der Waals surface area contributed by atoms with E-state index >= 15 is 0 Å². The molecule has 0 amide bonds. The first-order chi connectivity index (χ1) is 25.3. The summed E-state index contributed by atoms with van der Waals surface area (Å²) >= 11 is 0. The summed E-state index contributed by atoms with van der Waals surface area (Å²) in [6.07, 6.45) is 1.88. The molecule has 7 aromatic carbocycles. The zero-order valence-electron chi connectivity index (χ0n) is 27.4. The molecule has 0 atom stereocenters. The second-order valence-corrected chi connectivity index (χ2v) is 13.0. The molecule has 5 heteroatoms. The van der Waals surface area contributed by atoms with E-state index in [1.165, 1.54) is 10.8 Å². The van der Waals surface area contributed by atoms with Crippen LogP contribution < -0.4 is 0 Å². The third kappa shape index (κ3) is 4.15. The Bertz CT molecular complexity index is 3130. The van der Waals surface area contributed by atoms with Gasteiger partial charge in [-0.05, 0) is 60.2 Å². The van der Waals surface area contributed by atoms with Crippen molar-refractivity contribution in [2.45, 2.75) is 0 Å². The Morgan fingerprint density at radius 1 is 0.451 bits per heavy atom. The number of benzene rings is 7. The van der Waals surface area contributed by atoms with Gasteiger partial charge in [-0.15, -0.1) is 0 Å². The molecule has 0 radical (unpaired) electrons. The van der Waals surface area contributed by atoms with Crippen LogP contribution in [0.1, 0.15) is 0 Å². The van der Waals surface area contributed by atoms with Gasteiger partial charge in [0.2, 0.25) is 0 Å². The summed E-state index contributed by atoms with van der Waals surface area (Å²) < 4.78 is 11.0. The molecule has 0 saturated heterocycles. The number of fused-ring (bicyclic) bond motifs is 9. The van der Waals surface area contributed by atoms with Gasteiger partial charge in [-0.1, -0.05) is 109 Å². The highest BCUT2D eigenvalue weighted by atomic mass is 16.3. The van der Waals surface area contributed by atoms with Crippen molar-refractivity contribution in [3.8, 4) is 33.8 Å². The molecular formula is C46H28N4O. The number of para-hydroxylation sites is 4. The highest BCUT2D eigenvalue weighted by Gasteiger charge is 2.20. The third-order valence-corrected chi connectivity index (χ3v) is 10.2. The van der Waals surface area contributed by atoms with Gasteiger partial charge in [0.05, 0.1) is 28.4 Å². The fourth-order valence-electron chi connectivity index (χ4n) is 7.87. The van der Waals surface area contributed by atoms with Gasteiger partial charge < -0.3 is 8.98 Å². The number of furan rings is 1. The number of hydrogen-bond donors (Lipinski definition) is 0. The van der Waals surface area contributed by atoms with Crippen LogP contribution in [-0.4, -0.2) is 19.1 Å². The van der Waals surface area contributed by atoms with E-state index in [1.807, 2.05) is 42.6 Å². The SMILES string of the molecule is c1ccc(-c2cnc3c(n2)c2cc(-n4c5ccccc5c5cc(-c6cccc7c6oc6ccccc67)ccc54)ccc2n3-c2ccccc2)cc1. The lowest BCUT2D eigenvalue weighted by atomic mass is 10.0. The van der Waals surface area contributed by atoms with Crippen molar-refractivity contribution in [2.75, 3.05) is 0 Å². The zero-order chi connectivity index (χ0) is 33.5. The molecule has 11 aromatic rings. The van der Waals surface area contributed by atoms with Crippen molar-refractivity contribution in [3.63, 3.8) is 0 Å². The van der Waals surface area contributed by atoms with Crippen LogP contribution in [0.25, 0.3) is 99.6 Å². The van der Waals surface area contributed by atoms with Gasteiger partial charge in [0.1, 0.15) is 16.7 Å². The average molecular weight is 653 g/mol. The summed E-state index contributed by atoms with van der Waals surface area (Å²) in [4.78, 5) is 10.3. The lowest BCUT2D eigenvalue weighted by Gasteiger charge is -2.10. The molecule has 238 valence electrons. The Kier molecular flexibility index (Phi) is 5.89. The van der Waals surface area contributed by atoms with E-state index in [4.69, 9.17) is 14.4 Å². The van der Waals surface area contributed by atoms with Crippen LogP contribution in [0.2, 0.25) is 0 Å². The summed E-state index contributed by atoms with van der Waals surface area (Å²) in [7, 11) is 0. The summed E-state index contributed by atoms with van der Waals surface area (Å²) in [5.74, 6) is 0. The molecule has 4 heterocycles. The Balaban J connectivity index is 1.15. The number of nitrogens with zero attached hydrogens (tertiary/aromatic N) is 4. The molecule has 0 aliphatic carbocycles. The van der Waals surface area contributed by atoms with Crippen LogP contribution in [0.15, 0.2) is 174 Å². The van der Waals surface area contributed by atoms with E-state index in [-0.39, 0.29) is 0 Å². The molecule has 0 aliphatic heterocycles. The van der Waals surface area contributed by atoms with E-state index in [0.717, 1.165) is 88.8 Å². The largest absolute Gasteiger partial charge is 0.455 e. The summed E-state index contributed by atoms with van der Waals surface area (Å²) in [5.41, 5.74) is 13.1. The highest BCUT2D eigenvalue weighted by Crippen LogP contribution is 2.40. The lowest BCUT2D eigenvalue weighted by molar-refractivity contribution is 0.670. The molecule has 0 aliphatic rings. The zero-order valence-corrected chi connectivity index (χ0v) is 27.4. The maximum atomic E-state index is 6.44. The maximum Gasteiger partial charge on any atom is 0.164 e. The van der Waals surface area contributed by atoms with Crippen LogP contribution in [0.5, 0.6) is 0 Å². The van der Waals surface area contributed by atoms with Crippen LogP contribution in [0.3, 0.4) is 0 Å². The third-order valence-electron chi connectivity index (χ3n) is 10.2. The number of rotatable bonds is 4. The molecule has 0 fully saturated rings. The Labute approximate surface area is 292 Å². The van der Waals surface area contributed by atoms with E-state index in [1.54, 1.807) is 0 Å². The Morgan fingerprint density at radius 2 is 1.16 bits per heavy atom. The van der Waals surface area contributed by atoms with Gasteiger partial charge in [-0.2, -0.15) is 0 Å². The van der Waals surface area contributed by atoms with Crippen LogP contribution >= 0.6 is 0 Å². The van der Waals surface area contributed by atoms with Gasteiger partial charge in [-0.25, -0.2) is 9.97 Å². The fraction of sp³-hybridized carbons (Fsp3) is 0. The first kappa shape index (κ1) is 27.9. The minimum atomic E-state index is 0.833.